The number of hydrogen-bond acceptors (Lipinski definition) is 3. The van der Waals surface area contributed by atoms with Crippen molar-refractivity contribution < 1.29 is 9.63 Å². The molecule has 0 spiro atoms. The predicted octanol–water partition coefficient (Wildman–Crippen LogP) is 3.98. The number of oxime groups is 1. The lowest BCUT2D eigenvalue weighted by atomic mass is 10.2. The van der Waals surface area contributed by atoms with E-state index in [1.54, 1.807) is 48.5 Å². The fourth-order valence-electron chi connectivity index (χ4n) is 1.49. The molecule has 0 atom stereocenters. The van der Waals surface area contributed by atoms with Gasteiger partial charge in [-0.3, -0.25) is 4.79 Å². The van der Waals surface area contributed by atoms with Gasteiger partial charge in [-0.2, -0.15) is 0 Å². The molecule has 108 valence electrons. The second-order valence-electron chi connectivity index (χ2n) is 4.09. The molecular weight excluding hydrogens is 311 g/mol. The van der Waals surface area contributed by atoms with E-state index in [-0.39, 0.29) is 12.5 Å². The number of anilines is 1. The fourth-order valence-corrected chi connectivity index (χ4v) is 1.80. The van der Waals surface area contributed by atoms with Crippen LogP contribution in [0.5, 0.6) is 0 Å². The molecule has 0 saturated carbocycles. The molecule has 0 aliphatic carbocycles. The highest BCUT2D eigenvalue weighted by molar-refractivity contribution is 6.33. The molecule has 0 unspecified atom stereocenters. The molecule has 0 heterocycles. The number of carbonyl (C=O) groups is 1. The Morgan fingerprint density at radius 3 is 2.57 bits per heavy atom. The highest BCUT2D eigenvalue weighted by atomic mass is 35.5. The zero-order chi connectivity index (χ0) is 15.1. The predicted molar refractivity (Wildman–Crippen MR) is 85.1 cm³/mol. The first kappa shape index (κ1) is 15.4. The molecule has 0 bridgehead atoms. The normalized spacial score (nSPS) is 10.6. The summed E-state index contributed by atoms with van der Waals surface area (Å²) in [5, 5.41) is 7.46. The maximum absolute atomic E-state index is 11.6. The van der Waals surface area contributed by atoms with Crippen LogP contribution in [0, 0.1) is 0 Å². The monoisotopic (exact) mass is 322 g/mol. The standard InChI is InChI=1S/C15H12Cl2N2O2/c16-12-7-5-11(6-8-12)9-18-21-10-15(20)19-14-4-2-1-3-13(14)17/h1-9H,10H2,(H,19,20). The molecule has 0 radical (unpaired) electrons. The number of amides is 1. The van der Waals surface area contributed by atoms with Gasteiger partial charge in [0.2, 0.25) is 0 Å². The number of hydrogen-bond donors (Lipinski definition) is 1. The van der Waals surface area contributed by atoms with E-state index in [1.807, 2.05) is 0 Å². The Labute approximate surface area is 132 Å². The van der Waals surface area contributed by atoms with Gasteiger partial charge in [0.1, 0.15) is 0 Å². The first-order valence-electron chi connectivity index (χ1n) is 6.10. The molecule has 2 rings (SSSR count). The number of halogens is 2. The van der Waals surface area contributed by atoms with Crippen LogP contribution >= 0.6 is 23.2 Å². The smallest absolute Gasteiger partial charge is 0.265 e. The Morgan fingerprint density at radius 1 is 1.14 bits per heavy atom. The van der Waals surface area contributed by atoms with Gasteiger partial charge in [0, 0.05) is 5.02 Å². The molecule has 0 aliphatic heterocycles. The van der Waals surface area contributed by atoms with Crippen molar-refractivity contribution in [2.45, 2.75) is 0 Å². The van der Waals surface area contributed by atoms with Gasteiger partial charge in [0.15, 0.2) is 6.61 Å². The van der Waals surface area contributed by atoms with Crippen LogP contribution in [0.15, 0.2) is 53.7 Å². The number of nitrogens with zero attached hydrogens (tertiary/aromatic N) is 1. The van der Waals surface area contributed by atoms with Crippen molar-refractivity contribution >= 4 is 41.0 Å². The maximum Gasteiger partial charge on any atom is 0.265 e. The van der Waals surface area contributed by atoms with Crippen molar-refractivity contribution in [2.75, 3.05) is 11.9 Å². The topological polar surface area (TPSA) is 50.7 Å². The molecule has 0 aromatic heterocycles. The number of carbonyl (C=O) groups excluding carboxylic acids is 1. The Bertz CT molecular complexity index is 642. The van der Waals surface area contributed by atoms with E-state index in [4.69, 9.17) is 28.0 Å². The molecule has 21 heavy (non-hydrogen) atoms. The summed E-state index contributed by atoms with van der Waals surface area (Å²) in [6.07, 6.45) is 1.50. The van der Waals surface area contributed by atoms with Crippen molar-refractivity contribution in [3.8, 4) is 0 Å². The lowest BCUT2D eigenvalue weighted by Gasteiger charge is -2.05. The van der Waals surface area contributed by atoms with E-state index in [0.717, 1.165) is 5.56 Å². The van der Waals surface area contributed by atoms with Gasteiger partial charge in [-0.25, -0.2) is 0 Å². The SMILES string of the molecule is O=C(CON=Cc1ccc(Cl)cc1)Nc1ccccc1Cl. The van der Waals surface area contributed by atoms with Crippen molar-refractivity contribution in [3.63, 3.8) is 0 Å². The summed E-state index contributed by atoms with van der Waals surface area (Å²) < 4.78 is 0. The van der Waals surface area contributed by atoms with E-state index in [1.165, 1.54) is 6.21 Å². The molecule has 0 aliphatic rings. The molecule has 1 N–H and O–H groups in total. The van der Waals surface area contributed by atoms with Crippen LogP contribution in [0.1, 0.15) is 5.56 Å². The average molecular weight is 323 g/mol. The molecule has 1 amide bonds. The molecule has 2 aromatic rings. The van der Waals surface area contributed by atoms with Gasteiger partial charge >= 0.3 is 0 Å². The highest BCUT2D eigenvalue weighted by Crippen LogP contribution is 2.20. The second-order valence-corrected chi connectivity index (χ2v) is 4.93. The van der Waals surface area contributed by atoms with Crippen LogP contribution in [0.3, 0.4) is 0 Å². The van der Waals surface area contributed by atoms with Crippen LogP contribution in [0.25, 0.3) is 0 Å². The van der Waals surface area contributed by atoms with E-state index in [9.17, 15) is 4.79 Å². The third-order valence-corrected chi connectivity index (χ3v) is 3.07. The van der Waals surface area contributed by atoms with Gasteiger partial charge in [-0.15, -0.1) is 0 Å². The van der Waals surface area contributed by atoms with Crippen LogP contribution < -0.4 is 5.32 Å². The van der Waals surface area contributed by atoms with Crippen molar-refractivity contribution in [3.05, 3.63) is 64.1 Å². The zero-order valence-electron chi connectivity index (χ0n) is 10.9. The summed E-state index contributed by atoms with van der Waals surface area (Å²) in [5.74, 6) is -0.337. The summed E-state index contributed by atoms with van der Waals surface area (Å²) in [6.45, 7) is -0.199. The van der Waals surface area contributed by atoms with Crippen molar-refractivity contribution in [1.82, 2.24) is 0 Å². The second kappa shape index (κ2) is 7.67. The minimum atomic E-state index is -0.337. The summed E-state index contributed by atoms with van der Waals surface area (Å²) in [5.41, 5.74) is 1.36. The Morgan fingerprint density at radius 2 is 1.86 bits per heavy atom. The van der Waals surface area contributed by atoms with Crippen molar-refractivity contribution in [2.24, 2.45) is 5.16 Å². The van der Waals surface area contributed by atoms with Crippen LogP contribution in [-0.2, 0) is 9.63 Å². The maximum atomic E-state index is 11.6. The average Bonchev–Trinajstić information content (AvgIpc) is 2.48. The molecular formula is C15H12Cl2N2O2. The van der Waals surface area contributed by atoms with Crippen LogP contribution in [-0.4, -0.2) is 18.7 Å². The van der Waals surface area contributed by atoms with Gasteiger partial charge < -0.3 is 10.2 Å². The van der Waals surface area contributed by atoms with Gasteiger partial charge in [0.05, 0.1) is 16.9 Å². The first-order chi connectivity index (χ1) is 10.1. The summed E-state index contributed by atoms with van der Waals surface area (Å²) >= 11 is 11.7. The van der Waals surface area contributed by atoms with Gasteiger partial charge in [0.25, 0.3) is 5.91 Å². The molecule has 0 saturated heterocycles. The van der Waals surface area contributed by atoms with E-state index >= 15 is 0 Å². The van der Waals surface area contributed by atoms with Gasteiger partial charge in [-0.05, 0) is 29.8 Å². The lowest BCUT2D eigenvalue weighted by Crippen LogP contribution is -2.17. The minimum Gasteiger partial charge on any atom is -0.386 e. The molecule has 0 fully saturated rings. The van der Waals surface area contributed by atoms with E-state index in [2.05, 4.69) is 10.5 Å². The largest absolute Gasteiger partial charge is 0.386 e. The van der Waals surface area contributed by atoms with Gasteiger partial charge in [-0.1, -0.05) is 52.6 Å². The Hall–Kier alpha value is -2.04. The molecule has 6 heteroatoms. The first-order valence-corrected chi connectivity index (χ1v) is 6.86. The van der Waals surface area contributed by atoms with Crippen LogP contribution in [0.4, 0.5) is 5.69 Å². The van der Waals surface area contributed by atoms with Crippen LogP contribution in [0.2, 0.25) is 10.0 Å². The number of para-hydroxylation sites is 1. The summed E-state index contributed by atoms with van der Waals surface area (Å²) in [7, 11) is 0. The lowest BCUT2D eigenvalue weighted by molar-refractivity contribution is -0.120. The highest BCUT2D eigenvalue weighted by Gasteiger charge is 2.05. The quantitative estimate of drug-likeness (QED) is 0.668. The third kappa shape index (κ3) is 5.10. The van der Waals surface area contributed by atoms with Crippen molar-refractivity contribution in [1.29, 1.82) is 0 Å². The minimum absolute atomic E-state index is 0.199. The molecule has 2 aromatic carbocycles. The Kier molecular flexibility index (Phi) is 5.60. The number of nitrogens with one attached hydrogen (secondary N) is 1. The summed E-state index contributed by atoms with van der Waals surface area (Å²) in [4.78, 5) is 16.6. The Balaban J connectivity index is 1.79. The number of benzene rings is 2. The van der Waals surface area contributed by atoms with E-state index < -0.39 is 0 Å². The summed E-state index contributed by atoms with van der Waals surface area (Å²) in [6, 6.07) is 14.0. The van der Waals surface area contributed by atoms with E-state index in [0.29, 0.717) is 15.7 Å². The number of rotatable bonds is 5. The fraction of sp³-hybridized carbons (Fsp3) is 0.0667. The zero-order valence-corrected chi connectivity index (χ0v) is 12.4. The third-order valence-electron chi connectivity index (χ3n) is 2.49. The molecule has 4 nitrogen and oxygen atoms in total.